The molecular formula is C79H133NO18. The molecule has 0 saturated carbocycles. The second kappa shape index (κ2) is 58.7. The molecule has 98 heavy (non-hydrogen) atoms. The average Bonchev–Trinajstić information content (AvgIpc) is 0.785. The van der Waals surface area contributed by atoms with Crippen LogP contribution in [0.5, 0.6) is 0 Å². The predicted octanol–water partition coefficient (Wildman–Crippen LogP) is 11.6. The molecule has 3 aliphatic rings. The van der Waals surface area contributed by atoms with Crippen LogP contribution in [0.2, 0.25) is 0 Å². The summed E-state index contributed by atoms with van der Waals surface area (Å²) in [7, 11) is 0. The van der Waals surface area contributed by atoms with Crippen molar-refractivity contribution in [3.63, 3.8) is 0 Å². The maximum Gasteiger partial charge on any atom is 0.220 e. The number of aliphatic hydroxyl groups is 11. The first-order valence-corrected chi connectivity index (χ1v) is 37.8. The lowest BCUT2D eigenvalue weighted by Crippen LogP contribution is -2.66. The summed E-state index contributed by atoms with van der Waals surface area (Å²) in [4.78, 5) is 13.4. The molecule has 3 heterocycles. The summed E-state index contributed by atoms with van der Waals surface area (Å²) in [6.45, 7) is 1.60. The third-order valence-electron chi connectivity index (χ3n) is 18.0. The molecule has 3 aliphatic heterocycles. The molecule has 19 heteroatoms. The Kier molecular flexibility index (Phi) is 52.9. The van der Waals surface area contributed by atoms with E-state index in [0.717, 1.165) is 103 Å². The fraction of sp³-hybridized carbons (Fsp3) is 0.734. The van der Waals surface area contributed by atoms with Gasteiger partial charge in [0.05, 0.1) is 38.6 Å². The number of hydrogen-bond donors (Lipinski definition) is 12. The first kappa shape index (κ1) is 88.4. The Morgan fingerprint density at radius 1 is 0.378 bits per heavy atom. The van der Waals surface area contributed by atoms with Crippen molar-refractivity contribution < 1.29 is 89.4 Å². The van der Waals surface area contributed by atoms with Crippen molar-refractivity contribution in [2.45, 2.75) is 343 Å². The number of ether oxygens (including phenoxy) is 6. The smallest absolute Gasteiger partial charge is 0.220 e. The molecule has 0 aliphatic carbocycles. The number of nitrogens with one attached hydrogen (secondary N) is 1. The van der Waals surface area contributed by atoms with Crippen LogP contribution in [0.4, 0.5) is 0 Å². The van der Waals surface area contributed by atoms with Crippen LogP contribution < -0.4 is 5.32 Å². The molecule has 0 aromatic carbocycles. The minimum Gasteiger partial charge on any atom is -0.394 e. The van der Waals surface area contributed by atoms with E-state index in [1.165, 1.54) is 109 Å². The zero-order chi connectivity index (χ0) is 71.1. The van der Waals surface area contributed by atoms with Crippen LogP contribution in [-0.4, -0.2) is 193 Å². The summed E-state index contributed by atoms with van der Waals surface area (Å²) in [6, 6.07) is -1.00. The van der Waals surface area contributed by atoms with Gasteiger partial charge in [-0.2, -0.15) is 0 Å². The van der Waals surface area contributed by atoms with Crippen LogP contribution in [0, 0.1) is 0 Å². The van der Waals surface area contributed by atoms with Gasteiger partial charge in [-0.1, -0.05) is 264 Å². The van der Waals surface area contributed by atoms with Gasteiger partial charge >= 0.3 is 0 Å². The van der Waals surface area contributed by atoms with Crippen LogP contribution in [-0.2, 0) is 33.2 Å². The molecule has 12 N–H and O–H groups in total. The molecule has 0 aromatic heterocycles. The Labute approximate surface area is 588 Å². The van der Waals surface area contributed by atoms with Crippen molar-refractivity contribution in [2.75, 3.05) is 26.4 Å². The number of aliphatic hydroxyl groups excluding tert-OH is 11. The molecule has 0 radical (unpaired) electrons. The van der Waals surface area contributed by atoms with E-state index in [1.54, 1.807) is 6.08 Å². The Bertz CT molecular complexity index is 2250. The van der Waals surface area contributed by atoms with Gasteiger partial charge in [-0.15, -0.1) is 0 Å². The van der Waals surface area contributed by atoms with E-state index in [-0.39, 0.29) is 18.9 Å². The van der Waals surface area contributed by atoms with Gasteiger partial charge in [0.25, 0.3) is 0 Å². The van der Waals surface area contributed by atoms with Crippen LogP contribution in [0.1, 0.15) is 239 Å². The van der Waals surface area contributed by atoms with Gasteiger partial charge in [0.15, 0.2) is 18.9 Å². The van der Waals surface area contributed by atoms with Crippen molar-refractivity contribution in [3.8, 4) is 0 Å². The number of allylic oxidation sites excluding steroid dienone is 19. The molecule has 19 nitrogen and oxygen atoms in total. The summed E-state index contributed by atoms with van der Waals surface area (Å²) >= 11 is 0. The Balaban J connectivity index is 1.43. The summed E-state index contributed by atoms with van der Waals surface area (Å²) < 4.78 is 34.4. The van der Waals surface area contributed by atoms with Crippen molar-refractivity contribution in [1.29, 1.82) is 0 Å². The predicted molar refractivity (Wildman–Crippen MR) is 387 cm³/mol. The van der Waals surface area contributed by atoms with Gasteiger partial charge in [-0.3, -0.25) is 4.79 Å². The van der Waals surface area contributed by atoms with E-state index in [1.807, 2.05) is 6.08 Å². The number of amides is 1. The van der Waals surface area contributed by atoms with E-state index in [2.05, 4.69) is 129 Å². The molecule has 1 amide bonds. The van der Waals surface area contributed by atoms with Crippen LogP contribution in [0.3, 0.4) is 0 Å². The van der Waals surface area contributed by atoms with Gasteiger partial charge in [-0.05, 0) is 89.9 Å². The molecule has 0 spiro atoms. The minimum atomic E-state index is -1.99. The topological polar surface area (TPSA) is 307 Å². The summed E-state index contributed by atoms with van der Waals surface area (Å²) in [5.74, 6) is -0.311. The van der Waals surface area contributed by atoms with Crippen molar-refractivity contribution in [3.05, 3.63) is 122 Å². The summed E-state index contributed by atoms with van der Waals surface area (Å²) in [5, 5.41) is 121. The molecule has 3 fully saturated rings. The normalized spacial score (nSPS) is 27.5. The van der Waals surface area contributed by atoms with Crippen molar-refractivity contribution in [2.24, 2.45) is 0 Å². The summed E-state index contributed by atoms with van der Waals surface area (Å²) in [5.41, 5.74) is 0. The highest BCUT2D eigenvalue weighted by molar-refractivity contribution is 5.76. The minimum absolute atomic E-state index is 0.195. The fourth-order valence-electron chi connectivity index (χ4n) is 11.9. The molecular weight excluding hydrogens is 1250 g/mol. The highest BCUT2D eigenvalue weighted by Crippen LogP contribution is 2.33. The van der Waals surface area contributed by atoms with E-state index in [0.29, 0.717) is 6.42 Å². The molecule has 17 atom stereocenters. The number of hydrogen-bond acceptors (Lipinski definition) is 18. The average molecular weight is 1380 g/mol. The monoisotopic (exact) mass is 1380 g/mol. The first-order valence-electron chi connectivity index (χ1n) is 37.8. The third-order valence-corrected chi connectivity index (χ3v) is 18.0. The van der Waals surface area contributed by atoms with Gasteiger partial charge < -0.3 is 89.9 Å². The Hall–Kier alpha value is -3.81. The standard InChI is InChI=1S/C79H133NO18/c1-3-5-7-9-11-13-15-17-19-21-23-25-27-28-29-30-31-32-33-34-35-37-39-41-43-45-47-49-51-53-55-57-67(85)80-62(63(84)56-54-52-50-48-46-44-42-40-38-36-26-24-22-20-18-16-14-12-10-8-6-4-2)61-93-77-73(91)70(88)75(65(59-82)95-77)98-79-74(92)71(89)76(66(60-83)96-79)97-78-72(90)69(87)68(86)64(58-81)94-78/h5,7,11,13,17,19,23,25,28-29,31-32,34-35,39,41,45,47,54,56,62-66,68-79,81-84,86-92H,3-4,6,8-10,12,14-16,18,20-22,24,26-27,30,33,36-38,40,42-44,46,48-53,55,57-61H2,1-2H3,(H,80,85)/b7-5-,13-11-,19-17-,25-23-,29-28-,32-31-,35-34-,41-39-,47-45-,56-54+. The van der Waals surface area contributed by atoms with E-state index < -0.39 is 124 Å². The van der Waals surface area contributed by atoms with Crippen molar-refractivity contribution in [1.82, 2.24) is 5.32 Å². The lowest BCUT2D eigenvalue weighted by molar-refractivity contribution is -0.379. The maximum atomic E-state index is 13.4. The largest absolute Gasteiger partial charge is 0.394 e. The molecule has 0 bridgehead atoms. The quantitative estimate of drug-likeness (QED) is 0.0199. The van der Waals surface area contributed by atoms with Crippen molar-refractivity contribution >= 4 is 5.91 Å². The highest BCUT2D eigenvalue weighted by atomic mass is 16.8. The van der Waals surface area contributed by atoms with Gasteiger partial charge in [-0.25, -0.2) is 0 Å². The molecule has 562 valence electrons. The summed E-state index contributed by atoms with van der Waals surface area (Å²) in [6.07, 6.45) is 54.5. The van der Waals surface area contributed by atoms with E-state index >= 15 is 0 Å². The molecule has 17 unspecified atom stereocenters. The van der Waals surface area contributed by atoms with Gasteiger partial charge in [0.2, 0.25) is 5.91 Å². The molecule has 3 saturated heterocycles. The first-order chi connectivity index (χ1) is 47.8. The molecule has 0 aromatic rings. The van der Waals surface area contributed by atoms with E-state index in [9.17, 15) is 61.0 Å². The highest BCUT2D eigenvalue weighted by Gasteiger charge is 2.53. The number of carbonyl (C=O) groups is 1. The maximum absolute atomic E-state index is 13.4. The van der Waals surface area contributed by atoms with Crippen LogP contribution in [0.15, 0.2) is 122 Å². The zero-order valence-corrected chi connectivity index (χ0v) is 59.7. The van der Waals surface area contributed by atoms with Gasteiger partial charge in [0.1, 0.15) is 73.2 Å². The zero-order valence-electron chi connectivity index (χ0n) is 59.7. The molecule has 3 rings (SSSR count). The third kappa shape index (κ3) is 39.0. The number of rotatable bonds is 57. The van der Waals surface area contributed by atoms with Crippen LogP contribution >= 0.6 is 0 Å². The number of carbonyl (C=O) groups excluding carboxylic acids is 1. The lowest BCUT2D eigenvalue weighted by Gasteiger charge is -2.48. The second-order valence-corrected chi connectivity index (χ2v) is 26.4. The SMILES string of the molecule is CC/C=C\C/C=C\C/C=C\C/C=C\C/C=C\C/C=C\C/C=C\C/C=C\C/C=C\CCCCCC(=O)NC(COC1OC(CO)C(OC2OC(CO)C(OC3OC(CO)C(O)C(O)C3O)C(O)C2O)C(O)C1O)C(O)/C=C/CCCCCCCCCCCCCCCCCCCCCC. The Morgan fingerprint density at radius 3 is 1.10 bits per heavy atom. The fourth-order valence-corrected chi connectivity index (χ4v) is 11.9. The van der Waals surface area contributed by atoms with Crippen LogP contribution in [0.25, 0.3) is 0 Å². The second-order valence-electron chi connectivity index (χ2n) is 26.4. The van der Waals surface area contributed by atoms with E-state index in [4.69, 9.17) is 28.4 Å². The Morgan fingerprint density at radius 2 is 0.704 bits per heavy atom. The van der Waals surface area contributed by atoms with Gasteiger partial charge in [0, 0.05) is 6.42 Å². The lowest BCUT2D eigenvalue weighted by atomic mass is 9.96. The number of unbranched alkanes of at least 4 members (excludes halogenated alkanes) is 23.